The first-order valence-electron chi connectivity index (χ1n) is 6.92. The highest BCUT2D eigenvalue weighted by Gasteiger charge is 2.28. The molecule has 0 aliphatic rings. The number of halogens is 1. The van der Waals surface area contributed by atoms with Gasteiger partial charge in [-0.2, -0.15) is 0 Å². The summed E-state index contributed by atoms with van der Waals surface area (Å²) >= 11 is 0. The third kappa shape index (κ3) is 5.35. The van der Waals surface area contributed by atoms with Crippen LogP contribution in [0.3, 0.4) is 0 Å². The molecule has 0 unspecified atom stereocenters. The third-order valence-electron chi connectivity index (χ3n) is 2.93. The van der Waals surface area contributed by atoms with Gasteiger partial charge in [-0.25, -0.2) is 9.18 Å². The zero-order valence-corrected chi connectivity index (χ0v) is 13.5. The highest BCUT2D eigenvalue weighted by molar-refractivity contribution is 5.85. The van der Waals surface area contributed by atoms with Crippen LogP contribution in [0.15, 0.2) is 18.2 Å². The maximum absolute atomic E-state index is 14.0. The van der Waals surface area contributed by atoms with Gasteiger partial charge >= 0.3 is 12.1 Å². The van der Waals surface area contributed by atoms with Crippen LogP contribution in [0.5, 0.6) is 0 Å². The molecule has 0 aliphatic carbocycles. The number of carboxylic acids is 1. The van der Waals surface area contributed by atoms with Gasteiger partial charge in [-0.05, 0) is 44.5 Å². The zero-order valence-electron chi connectivity index (χ0n) is 13.5. The average Bonchev–Trinajstić information content (AvgIpc) is 2.27. The van der Waals surface area contributed by atoms with E-state index in [1.165, 1.54) is 18.2 Å². The highest BCUT2D eigenvalue weighted by Crippen LogP contribution is 2.31. The Hall–Kier alpha value is -2.11. The van der Waals surface area contributed by atoms with Gasteiger partial charge in [0, 0.05) is 11.1 Å². The van der Waals surface area contributed by atoms with Crippen molar-refractivity contribution in [2.24, 2.45) is 0 Å². The molecule has 0 aliphatic heterocycles. The number of carbonyl (C=O) groups excluding carboxylic acids is 1. The van der Waals surface area contributed by atoms with Crippen molar-refractivity contribution < 1.29 is 23.8 Å². The largest absolute Gasteiger partial charge is 0.481 e. The molecule has 22 heavy (non-hydrogen) atoms. The van der Waals surface area contributed by atoms with Crippen LogP contribution in [-0.2, 0) is 14.9 Å². The number of hydrogen-bond acceptors (Lipinski definition) is 3. The lowest BCUT2D eigenvalue weighted by Gasteiger charge is -2.25. The van der Waals surface area contributed by atoms with Crippen molar-refractivity contribution in [2.75, 3.05) is 5.32 Å². The molecular weight excluding hydrogens is 289 g/mol. The predicted octanol–water partition coefficient (Wildman–Crippen LogP) is 3.93. The Morgan fingerprint density at radius 2 is 1.82 bits per heavy atom. The van der Waals surface area contributed by atoms with Gasteiger partial charge in [0.25, 0.3) is 0 Å². The monoisotopic (exact) mass is 311 g/mol. The lowest BCUT2D eigenvalue weighted by atomic mass is 9.81. The average molecular weight is 311 g/mol. The van der Waals surface area contributed by atoms with E-state index in [1.807, 2.05) is 0 Å². The van der Waals surface area contributed by atoms with Gasteiger partial charge in [0.1, 0.15) is 11.4 Å². The molecule has 0 saturated heterocycles. The van der Waals surface area contributed by atoms with Gasteiger partial charge in [-0.3, -0.25) is 10.1 Å². The molecule has 0 heterocycles. The number of ether oxygens (including phenoxy) is 1. The number of hydrogen-bond donors (Lipinski definition) is 2. The van der Waals surface area contributed by atoms with Crippen LogP contribution in [0.4, 0.5) is 14.9 Å². The van der Waals surface area contributed by atoms with Crippen molar-refractivity contribution in [1.82, 2.24) is 0 Å². The Kier molecular flexibility index (Phi) is 5.17. The second-order valence-electron chi connectivity index (χ2n) is 6.78. The summed E-state index contributed by atoms with van der Waals surface area (Å²) in [6.07, 6.45) is -0.874. The molecular formula is C16H22FNO4. The molecule has 0 fully saturated rings. The van der Waals surface area contributed by atoms with E-state index in [0.29, 0.717) is 5.69 Å². The Balaban J connectivity index is 3.00. The van der Waals surface area contributed by atoms with Crippen LogP contribution >= 0.6 is 0 Å². The smallest absolute Gasteiger partial charge is 0.412 e. The first kappa shape index (κ1) is 17.9. The van der Waals surface area contributed by atoms with E-state index < -0.39 is 28.9 Å². The normalized spacial score (nSPS) is 11.9. The first-order valence-corrected chi connectivity index (χ1v) is 6.92. The Morgan fingerprint density at radius 3 is 2.32 bits per heavy atom. The molecule has 5 nitrogen and oxygen atoms in total. The number of rotatable bonds is 4. The zero-order chi connectivity index (χ0) is 17.1. The quantitative estimate of drug-likeness (QED) is 0.883. The minimum atomic E-state index is -1.02. The molecule has 0 radical (unpaired) electrons. The van der Waals surface area contributed by atoms with Gasteiger partial charge in [0.2, 0.25) is 0 Å². The molecule has 6 heteroatoms. The summed E-state index contributed by atoms with van der Waals surface area (Å²) in [5, 5.41) is 11.4. The lowest BCUT2D eigenvalue weighted by Crippen LogP contribution is -2.27. The van der Waals surface area contributed by atoms with Crippen LogP contribution in [-0.4, -0.2) is 22.8 Å². The minimum absolute atomic E-state index is 0.222. The molecule has 0 bridgehead atoms. The number of nitrogens with one attached hydrogen (secondary N) is 1. The van der Waals surface area contributed by atoms with Gasteiger partial charge in [-0.1, -0.05) is 13.8 Å². The summed E-state index contributed by atoms with van der Waals surface area (Å²) in [5.41, 5.74) is -0.968. The van der Waals surface area contributed by atoms with E-state index in [4.69, 9.17) is 9.84 Å². The molecule has 1 amide bonds. The lowest BCUT2D eigenvalue weighted by molar-refractivity contribution is -0.138. The summed E-state index contributed by atoms with van der Waals surface area (Å²) in [5.74, 6) is -1.53. The third-order valence-corrected chi connectivity index (χ3v) is 2.93. The van der Waals surface area contributed by atoms with Crippen LogP contribution in [0.1, 0.15) is 46.6 Å². The molecule has 1 aromatic carbocycles. The molecule has 1 rings (SSSR count). The standard InChI is InChI=1S/C16H22FNO4/c1-15(2,3)22-14(21)18-10-6-7-12(17)11(8-10)16(4,5)9-13(19)20/h6-8H,9H2,1-5H3,(H,18,21)(H,19,20). The van der Waals surface area contributed by atoms with Crippen molar-refractivity contribution in [2.45, 2.75) is 52.1 Å². The second kappa shape index (κ2) is 6.34. The second-order valence-corrected chi connectivity index (χ2v) is 6.78. The fourth-order valence-corrected chi connectivity index (χ4v) is 2.02. The number of carboxylic acid groups (broad SMARTS) is 1. The van der Waals surface area contributed by atoms with Crippen LogP contribution in [0.2, 0.25) is 0 Å². The molecule has 122 valence electrons. The molecule has 0 saturated carbocycles. The SMILES string of the molecule is CC(C)(C)OC(=O)Nc1ccc(F)c(C(C)(C)CC(=O)O)c1. The summed E-state index contributed by atoms with van der Waals surface area (Å²) < 4.78 is 19.1. The van der Waals surface area contributed by atoms with Crippen molar-refractivity contribution in [1.29, 1.82) is 0 Å². The van der Waals surface area contributed by atoms with Crippen molar-refractivity contribution >= 4 is 17.7 Å². The van der Waals surface area contributed by atoms with Gasteiger partial charge in [0.05, 0.1) is 6.42 Å². The Morgan fingerprint density at radius 1 is 1.23 bits per heavy atom. The number of amides is 1. The van der Waals surface area contributed by atoms with E-state index >= 15 is 0 Å². The van der Waals surface area contributed by atoms with E-state index in [1.54, 1.807) is 34.6 Å². The Labute approximate surface area is 129 Å². The topological polar surface area (TPSA) is 75.6 Å². The fraction of sp³-hybridized carbons (Fsp3) is 0.500. The molecule has 1 aromatic rings. The molecule has 2 N–H and O–H groups in total. The predicted molar refractivity (Wildman–Crippen MR) is 81.5 cm³/mol. The molecule has 0 aromatic heterocycles. The van der Waals surface area contributed by atoms with Crippen molar-refractivity contribution in [3.05, 3.63) is 29.6 Å². The maximum atomic E-state index is 14.0. The number of carbonyl (C=O) groups is 2. The Bertz CT molecular complexity index is 576. The highest BCUT2D eigenvalue weighted by atomic mass is 19.1. The van der Waals surface area contributed by atoms with Gasteiger partial charge in [-0.15, -0.1) is 0 Å². The van der Waals surface area contributed by atoms with Gasteiger partial charge < -0.3 is 9.84 Å². The van der Waals surface area contributed by atoms with Crippen LogP contribution in [0.25, 0.3) is 0 Å². The number of anilines is 1. The van der Waals surface area contributed by atoms with Crippen LogP contribution in [0, 0.1) is 5.82 Å². The van der Waals surface area contributed by atoms with Crippen molar-refractivity contribution in [3.8, 4) is 0 Å². The fourth-order valence-electron chi connectivity index (χ4n) is 2.02. The van der Waals surface area contributed by atoms with E-state index in [2.05, 4.69) is 5.32 Å². The maximum Gasteiger partial charge on any atom is 0.412 e. The van der Waals surface area contributed by atoms with E-state index in [9.17, 15) is 14.0 Å². The summed E-state index contributed by atoms with van der Waals surface area (Å²) in [6.45, 7) is 8.48. The molecule has 0 atom stereocenters. The van der Waals surface area contributed by atoms with E-state index in [0.717, 1.165) is 0 Å². The van der Waals surface area contributed by atoms with Crippen LogP contribution < -0.4 is 5.32 Å². The minimum Gasteiger partial charge on any atom is -0.481 e. The van der Waals surface area contributed by atoms with Gasteiger partial charge in [0.15, 0.2) is 0 Å². The number of aliphatic carboxylic acids is 1. The summed E-state index contributed by atoms with van der Waals surface area (Å²) in [6, 6.07) is 4.04. The summed E-state index contributed by atoms with van der Waals surface area (Å²) in [7, 11) is 0. The van der Waals surface area contributed by atoms with Crippen molar-refractivity contribution in [3.63, 3.8) is 0 Å². The number of benzene rings is 1. The van der Waals surface area contributed by atoms with E-state index in [-0.39, 0.29) is 12.0 Å². The first-order chi connectivity index (χ1) is 9.90. The summed E-state index contributed by atoms with van der Waals surface area (Å²) in [4.78, 5) is 22.6. The molecule has 0 spiro atoms.